The van der Waals surface area contributed by atoms with Crippen molar-refractivity contribution in [3.8, 4) is 5.75 Å². The largest absolute Gasteiger partial charge is 0.482 e. The van der Waals surface area contributed by atoms with Gasteiger partial charge in [0.15, 0.2) is 6.61 Å². The van der Waals surface area contributed by atoms with Crippen LogP contribution in [0.4, 0.5) is 5.69 Å². The topological polar surface area (TPSA) is 75.6 Å². The fraction of sp³-hybridized carbons (Fsp3) is 0.333. The van der Waals surface area contributed by atoms with Gasteiger partial charge in [0.1, 0.15) is 5.75 Å². The van der Waals surface area contributed by atoms with Crippen LogP contribution in [0.25, 0.3) is 0 Å². The molecule has 88 valence electrons. The van der Waals surface area contributed by atoms with E-state index >= 15 is 0 Å². The minimum absolute atomic E-state index is 0.0173. The van der Waals surface area contributed by atoms with Crippen molar-refractivity contribution < 1.29 is 19.4 Å². The lowest BCUT2D eigenvalue weighted by Crippen LogP contribution is -2.26. The van der Waals surface area contributed by atoms with Gasteiger partial charge in [-0.3, -0.25) is 9.59 Å². The predicted molar refractivity (Wildman–Crippen MR) is 59.1 cm³/mol. The Morgan fingerprint density at radius 1 is 1.41 bits per heavy atom. The van der Waals surface area contributed by atoms with E-state index in [1.54, 1.807) is 18.2 Å². The summed E-state index contributed by atoms with van der Waals surface area (Å²) in [5.41, 5.74) is 0.617. The molecule has 5 nitrogen and oxygen atoms in total. The molecular formula is C12H11NO4. The number of anilines is 1. The van der Waals surface area contributed by atoms with Gasteiger partial charge in [0.25, 0.3) is 5.91 Å². The number of fused-ring (bicyclic) bond motifs is 1. The summed E-state index contributed by atoms with van der Waals surface area (Å²) in [7, 11) is 0. The number of hydrogen-bond acceptors (Lipinski definition) is 3. The van der Waals surface area contributed by atoms with Crippen molar-refractivity contribution in [1.82, 2.24) is 0 Å². The average molecular weight is 233 g/mol. The molecule has 0 spiro atoms. The molecule has 1 aromatic carbocycles. The maximum Gasteiger partial charge on any atom is 0.314 e. The number of rotatable bonds is 2. The molecule has 1 aliphatic carbocycles. The lowest BCUT2D eigenvalue weighted by molar-refractivity contribution is -0.140. The molecule has 0 unspecified atom stereocenters. The van der Waals surface area contributed by atoms with Gasteiger partial charge in [0.2, 0.25) is 0 Å². The van der Waals surface area contributed by atoms with Crippen LogP contribution in [0.5, 0.6) is 5.75 Å². The summed E-state index contributed by atoms with van der Waals surface area (Å²) in [6.45, 7) is -0.0173. The first-order valence-corrected chi connectivity index (χ1v) is 5.42. The third-order valence-electron chi connectivity index (χ3n) is 3.33. The normalized spacial score (nSPS) is 19.9. The smallest absolute Gasteiger partial charge is 0.314 e. The van der Waals surface area contributed by atoms with Gasteiger partial charge >= 0.3 is 5.97 Å². The van der Waals surface area contributed by atoms with E-state index < -0.39 is 11.4 Å². The summed E-state index contributed by atoms with van der Waals surface area (Å²) in [5, 5.41) is 11.9. The van der Waals surface area contributed by atoms with Crippen molar-refractivity contribution in [2.45, 2.75) is 18.3 Å². The molecule has 0 aromatic heterocycles. The molecule has 2 N–H and O–H groups in total. The summed E-state index contributed by atoms with van der Waals surface area (Å²) >= 11 is 0. The Balaban J connectivity index is 1.99. The highest BCUT2D eigenvalue weighted by Gasteiger charge is 2.52. The van der Waals surface area contributed by atoms with Crippen LogP contribution in [0.3, 0.4) is 0 Å². The van der Waals surface area contributed by atoms with Gasteiger partial charge in [-0.25, -0.2) is 0 Å². The van der Waals surface area contributed by atoms with Crippen LogP contribution in [0.2, 0.25) is 0 Å². The van der Waals surface area contributed by atoms with Crippen molar-refractivity contribution >= 4 is 17.6 Å². The molecule has 2 aliphatic rings. The van der Waals surface area contributed by atoms with Gasteiger partial charge in [-0.15, -0.1) is 0 Å². The lowest BCUT2D eigenvalue weighted by Gasteiger charge is -2.20. The van der Waals surface area contributed by atoms with Crippen molar-refractivity contribution in [3.63, 3.8) is 0 Å². The first-order valence-electron chi connectivity index (χ1n) is 5.42. The Bertz CT molecular complexity index is 519. The van der Waals surface area contributed by atoms with E-state index in [0.29, 0.717) is 24.3 Å². The molecule has 0 atom stereocenters. The Morgan fingerprint density at radius 3 is 2.82 bits per heavy atom. The zero-order valence-corrected chi connectivity index (χ0v) is 9.03. The second kappa shape index (κ2) is 3.23. The number of aliphatic carboxylic acids is 1. The SMILES string of the molecule is O=C1COc2cc(C3(C(=O)O)CC3)ccc2N1. The second-order valence-electron chi connectivity index (χ2n) is 4.44. The van der Waals surface area contributed by atoms with Gasteiger partial charge in [0.05, 0.1) is 11.1 Å². The fourth-order valence-corrected chi connectivity index (χ4v) is 2.12. The molecule has 17 heavy (non-hydrogen) atoms. The Hall–Kier alpha value is -2.04. The molecule has 3 rings (SSSR count). The lowest BCUT2D eigenvalue weighted by atomic mass is 9.95. The molecule has 1 saturated carbocycles. The van der Waals surface area contributed by atoms with E-state index in [2.05, 4.69) is 5.32 Å². The van der Waals surface area contributed by atoms with Gasteiger partial charge in [0, 0.05) is 0 Å². The second-order valence-corrected chi connectivity index (χ2v) is 4.44. The summed E-state index contributed by atoms with van der Waals surface area (Å²) in [6, 6.07) is 5.16. The van der Waals surface area contributed by atoms with E-state index in [1.807, 2.05) is 0 Å². The molecule has 0 bridgehead atoms. The number of carbonyl (C=O) groups is 2. The molecule has 1 heterocycles. The summed E-state index contributed by atoms with van der Waals surface area (Å²) < 4.78 is 5.27. The highest BCUT2D eigenvalue weighted by Crippen LogP contribution is 2.50. The zero-order chi connectivity index (χ0) is 12.0. The van der Waals surface area contributed by atoms with Crippen molar-refractivity contribution in [1.29, 1.82) is 0 Å². The van der Waals surface area contributed by atoms with Crippen molar-refractivity contribution in [2.24, 2.45) is 0 Å². The quantitative estimate of drug-likeness (QED) is 0.803. The number of benzene rings is 1. The van der Waals surface area contributed by atoms with Gasteiger partial charge in [-0.2, -0.15) is 0 Å². The third kappa shape index (κ3) is 1.46. The van der Waals surface area contributed by atoms with Crippen LogP contribution in [-0.4, -0.2) is 23.6 Å². The number of hydrogen-bond donors (Lipinski definition) is 2. The maximum absolute atomic E-state index is 11.2. The molecule has 1 amide bonds. The maximum atomic E-state index is 11.2. The van der Waals surface area contributed by atoms with Gasteiger partial charge < -0.3 is 15.2 Å². The zero-order valence-electron chi connectivity index (χ0n) is 9.03. The average Bonchev–Trinajstić information content (AvgIpc) is 3.09. The minimum atomic E-state index is -0.794. The predicted octanol–water partition coefficient (Wildman–Crippen LogP) is 1.13. The Morgan fingerprint density at radius 2 is 2.18 bits per heavy atom. The molecule has 1 aromatic rings. The van der Waals surface area contributed by atoms with Gasteiger partial charge in [-0.05, 0) is 30.5 Å². The number of nitrogens with one attached hydrogen (secondary N) is 1. The van der Waals surface area contributed by atoms with Gasteiger partial charge in [-0.1, -0.05) is 6.07 Å². The number of ether oxygens (including phenoxy) is 1. The summed E-state index contributed by atoms with van der Waals surface area (Å²) in [6.07, 6.45) is 1.32. The summed E-state index contributed by atoms with van der Waals surface area (Å²) in [5.74, 6) is -0.434. The monoisotopic (exact) mass is 233 g/mol. The molecule has 5 heteroatoms. The standard InChI is InChI=1S/C12H11NO4/c14-10-6-17-9-5-7(1-2-8(9)13-10)12(3-4-12)11(15)16/h1-2,5H,3-4,6H2,(H,13,14)(H,15,16). The van der Waals surface area contributed by atoms with Crippen LogP contribution in [0.15, 0.2) is 18.2 Å². The number of carboxylic acids is 1. The highest BCUT2D eigenvalue weighted by molar-refractivity contribution is 5.95. The number of amides is 1. The van der Waals surface area contributed by atoms with E-state index in [-0.39, 0.29) is 12.5 Å². The van der Waals surface area contributed by atoms with Crippen LogP contribution in [0.1, 0.15) is 18.4 Å². The summed E-state index contributed by atoms with van der Waals surface area (Å²) in [4.78, 5) is 22.3. The number of carbonyl (C=O) groups excluding carboxylic acids is 1. The van der Waals surface area contributed by atoms with Crippen molar-refractivity contribution in [3.05, 3.63) is 23.8 Å². The van der Waals surface area contributed by atoms with Crippen LogP contribution < -0.4 is 10.1 Å². The van der Waals surface area contributed by atoms with E-state index in [1.165, 1.54) is 0 Å². The molecule has 1 aliphatic heterocycles. The van der Waals surface area contributed by atoms with Crippen LogP contribution in [-0.2, 0) is 15.0 Å². The number of carboxylic acid groups (broad SMARTS) is 1. The molecule has 1 fully saturated rings. The third-order valence-corrected chi connectivity index (χ3v) is 3.33. The van der Waals surface area contributed by atoms with Crippen molar-refractivity contribution in [2.75, 3.05) is 11.9 Å². The van der Waals surface area contributed by atoms with Crippen LogP contribution in [0, 0.1) is 0 Å². The van der Waals surface area contributed by atoms with E-state index in [4.69, 9.17) is 4.74 Å². The highest BCUT2D eigenvalue weighted by atomic mass is 16.5. The fourth-order valence-electron chi connectivity index (χ4n) is 2.12. The van der Waals surface area contributed by atoms with E-state index in [9.17, 15) is 14.7 Å². The first kappa shape index (κ1) is 10.1. The Labute approximate surface area is 97.4 Å². The van der Waals surface area contributed by atoms with Crippen LogP contribution >= 0.6 is 0 Å². The molecular weight excluding hydrogens is 222 g/mol. The molecule has 0 saturated heterocycles. The van der Waals surface area contributed by atoms with E-state index in [0.717, 1.165) is 5.56 Å². The minimum Gasteiger partial charge on any atom is -0.482 e. The molecule has 0 radical (unpaired) electrons. The first-order chi connectivity index (χ1) is 8.12. The Kier molecular flexibility index (Phi) is 1.92.